The van der Waals surface area contributed by atoms with Gasteiger partial charge in [0.25, 0.3) is 0 Å². The molecule has 4 nitrogen and oxygen atoms in total. The van der Waals surface area contributed by atoms with E-state index < -0.39 is 0 Å². The number of benzene rings is 2. The van der Waals surface area contributed by atoms with Crippen molar-refractivity contribution in [2.24, 2.45) is 0 Å². The molecular formula is C17H16Cl2N4. The van der Waals surface area contributed by atoms with Crippen LogP contribution in [0.1, 0.15) is 16.7 Å². The van der Waals surface area contributed by atoms with Gasteiger partial charge in [0, 0.05) is 13.1 Å². The fourth-order valence-corrected chi connectivity index (χ4v) is 2.59. The summed E-state index contributed by atoms with van der Waals surface area (Å²) in [5.74, 6) is 0. The number of hydrogen-bond donors (Lipinski definition) is 1. The first-order valence-electron chi connectivity index (χ1n) is 7.25. The third-order valence-electron chi connectivity index (χ3n) is 3.48. The monoisotopic (exact) mass is 346 g/mol. The molecule has 6 heteroatoms. The maximum Gasteiger partial charge on any atom is 0.137 e. The van der Waals surface area contributed by atoms with Crippen LogP contribution in [0.25, 0.3) is 0 Å². The van der Waals surface area contributed by atoms with Gasteiger partial charge < -0.3 is 5.32 Å². The summed E-state index contributed by atoms with van der Waals surface area (Å²) in [6.45, 7) is 2.28. The average Bonchev–Trinajstić information content (AvgIpc) is 3.05. The summed E-state index contributed by atoms with van der Waals surface area (Å²) in [6, 6.07) is 14.1. The Morgan fingerprint density at radius 2 is 1.57 bits per heavy atom. The lowest BCUT2D eigenvalue weighted by molar-refractivity contribution is 0.680. The molecule has 0 unspecified atom stereocenters. The Labute approximate surface area is 145 Å². The number of nitrogens with zero attached hydrogens (tertiary/aromatic N) is 3. The second-order valence-corrected chi connectivity index (χ2v) is 6.08. The van der Waals surface area contributed by atoms with Crippen molar-refractivity contribution < 1.29 is 0 Å². The van der Waals surface area contributed by atoms with E-state index in [4.69, 9.17) is 23.2 Å². The summed E-state index contributed by atoms with van der Waals surface area (Å²) >= 11 is 11.9. The summed E-state index contributed by atoms with van der Waals surface area (Å²) in [4.78, 5) is 3.94. The van der Waals surface area contributed by atoms with Crippen LogP contribution in [0.15, 0.2) is 55.1 Å². The van der Waals surface area contributed by atoms with Gasteiger partial charge in [-0.15, -0.1) is 0 Å². The lowest BCUT2D eigenvalue weighted by Crippen LogP contribution is -2.12. The van der Waals surface area contributed by atoms with Crippen LogP contribution < -0.4 is 5.32 Å². The van der Waals surface area contributed by atoms with Gasteiger partial charge in [0.1, 0.15) is 12.7 Å². The molecule has 1 heterocycles. The molecule has 3 rings (SSSR count). The lowest BCUT2D eigenvalue weighted by atomic mass is 10.1. The predicted octanol–water partition coefficient (Wildman–Crippen LogP) is 3.92. The number of hydrogen-bond acceptors (Lipinski definition) is 3. The van der Waals surface area contributed by atoms with Gasteiger partial charge in [0.15, 0.2) is 0 Å². The Balaban J connectivity index is 1.51. The largest absolute Gasteiger partial charge is 0.309 e. The molecule has 0 aliphatic heterocycles. The van der Waals surface area contributed by atoms with Gasteiger partial charge in [-0.3, -0.25) is 0 Å². The highest BCUT2D eigenvalue weighted by molar-refractivity contribution is 6.42. The van der Waals surface area contributed by atoms with E-state index in [9.17, 15) is 0 Å². The minimum Gasteiger partial charge on any atom is -0.309 e. The number of halogens is 2. The number of nitrogens with one attached hydrogen (secondary N) is 1. The first kappa shape index (κ1) is 16.0. The summed E-state index contributed by atoms with van der Waals surface area (Å²) in [5, 5.41) is 8.67. The molecule has 0 fully saturated rings. The highest BCUT2D eigenvalue weighted by Gasteiger charge is 2.00. The van der Waals surface area contributed by atoms with Gasteiger partial charge in [-0.2, -0.15) is 5.10 Å². The fraction of sp³-hybridized carbons (Fsp3) is 0.176. The van der Waals surface area contributed by atoms with Crippen LogP contribution >= 0.6 is 23.2 Å². The fourth-order valence-electron chi connectivity index (χ4n) is 2.26. The van der Waals surface area contributed by atoms with E-state index in [1.807, 2.05) is 18.2 Å². The van der Waals surface area contributed by atoms with Crippen LogP contribution in [0.4, 0.5) is 0 Å². The standard InChI is InChI=1S/C17H16Cl2N4/c18-16-6-5-15(7-17(16)19)9-20-8-13-1-3-14(4-2-13)10-23-12-21-11-22-23/h1-7,11-12,20H,8-10H2. The van der Waals surface area contributed by atoms with E-state index in [0.29, 0.717) is 10.0 Å². The molecule has 0 radical (unpaired) electrons. The van der Waals surface area contributed by atoms with Gasteiger partial charge in [0.2, 0.25) is 0 Å². The van der Waals surface area contributed by atoms with Crippen molar-refractivity contribution in [3.8, 4) is 0 Å². The van der Waals surface area contributed by atoms with Crippen LogP contribution in [-0.4, -0.2) is 14.8 Å². The van der Waals surface area contributed by atoms with Gasteiger partial charge in [0.05, 0.1) is 16.6 Å². The number of rotatable bonds is 6. The zero-order valence-corrected chi connectivity index (χ0v) is 13.9. The molecule has 0 spiro atoms. The summed E-state index contributed by atoms with van der Waals surface area (Å²) in [7, 11) is 0. The van der Waals surface area contributed by atoms with Crippen molar-refractivity contribution in [3.63, 3.8) is 0 Å². The Hall–Kier alpha value is -1.88. The molecule has 1 N–H and O–H groups in total. The molecule has 3 aromatic rings. The molecular weight excluding hydrogens is 331 g/mol. The first-order valence-corrected chi connectivity index (χ1v) is 8.01. The lowest BCUT2D eigenvalue weighted by Gasteiger charge is -2.07. The molecule has 0 atom stereocenters. The first-order chi connectivity index (χ1) is 11.2. The van der Waals surface area contributed by atoms with E-state index in [1.165, 1.54) is 11.1 Å². The normalized spacial score (nSPS) is 10.9. The van der Waals surface area contributed by atoms with Crippen LogP contribution in [0, 0.1) is 0 Å². The van der Waals surface area contributed by atoms with Crippen LogP contribution in [-0.2, 0) is 19.6 Å². The summed E-state index contributed by atoms with van der Waals surface area (Å²) in [6.07, 6.45) is 3.26. The van der Waals surface area contributed by atoms with Crippen molar-refractivity contribution in [2.45, 2.75) is 19.6 Å². The van der Waals surface area contributed by atoms with E-state index >= 15 is 0 Å². The summed E-state index contributed by atoms with van der Waals surface area (Å²) in [5.41, 5.74) is 3.54. The van der Waals surface area contributed by atoms with Gasteiger partial charge in [-0.25, -0.2) is 9.67 Å². The molecule has 1 aromatic heterocycles. The van der Waals surface area contributed by atoms with Crippen LogP contribution in [0.3, 0.4) is 0 Å². The predicted molar refractivity (Wildman–Crippen MR) is 92.6 cm³/mol. The Bertz CT molecular complexity index is 755. The molecule has 2 aromatic carbocycles. The average molecular weight is 347 g/mol. The maximum atomic E-state index is 6.01. The van der Waals surface area contributed by atoms with Crippen molar-refractivity contribution in [1.82, 2.24) is 20.1 Å². The molecule has 0 amide bonds. The van der Waals surface area contributed by atoms with Crippen molar-refractivity contribution in [3.05, 3.63) is 81.9 Å². The molecule has 0 aliphatic carbocycles. The second kappa shape index (κ2) is 7.59. The van der Waals surface area contributed by atoms with E-state index in [2.05, 4.69) is 39.7 Å². The number of aromatic nitrogens is 3. The van der Waals surface area contributed by atoms with Crippen molar-refractivity contribution in [2.75, 3.05) is 0 Å². The minimum absolute atomic E-state index is 0.582. The zero-order valence-electron chi connectivity index (χ0n) is 12.4. The SMILES string of the molecule is Clc1ccc(CNCc2ccc(Cn3cncn3)cc2)cc1Cl. The third kappa shape index (κ3) is 4.55. The van der Waals surface area contributed by atoms with Gasteiger partial charge in [-0.1, -0.05) is 53.5 Å². The molecule has 0 bridgehead atoms. The third-order valence-corrected chi connectivity index (χ3v) is 4.22. The minimum atomic E-state index is 0.582. The van der Waals surface area contributed by atoms with Gasteiger partial charge >= 0.3 is 0 Å². The Morgan fingerprint density at radius 1 is 0.870 bits per heavy atom. The quantitative estimate of drug-likeness (QED) is 0.735. The van der Waals surface area contributed by atoms with E-state index in [-0.39, 0.29) is 0 Å². The van der Waals surface area contributed by atoms with Crippen LogP contribution in [0.2, 0.25) is 10.0 Å². The smallest absolute Gasteiger partial charge is 0.137 e. The zero-order chi connectivity index (χ0) is 16.1. The van der Waals surface area contributed by atoms with Crippen molar-refractivity contribution in [1.29, 1.82) is 0 Å². The van der Waals surface area contributed by atoms with Crippen LogP contribution in [0.5, 0.6) is 0 Å². The maximum absolute atomic E-state index is 6.01. The van der Waals surface area contributed by atoms with Crippen molar-refractivity contribution >= 4 is 23.2 Å². The highest BCUT2D eigenvalue weighted by Crippen LogP contribution is 2.22. The second-order valence-electron chi connectivity index (χ2n) is 5.26. The Morgan fingerprint density at radius 3 is 2.26 bits per heavy atom. The van der Waals surface area contributed by atoms with E-state index in [0.717, 1.165) is 25.2 Å². The Kier molecular flexibility index (Phi) is 5.28. The van der Waals surface area contributed by atoms with E-state index in [1.54, 1.807) is 17.3 Å². The molecule has 23 heavy (non-hydrogen) atoms. The summed E-state index contributed by atoms with van der Waals surface area (Å²) < 4.78 is 1.80. The van der Waals surface area contributed by atoms with Gasteiger partial charge in [-0.05, 0) is 28.8 Å². The molecule has 0 aliphatic rings. The molecule has 0 saturated heterocycles. The molecule has 118 valence electrons. The topological polar surface area (TPSA) is 42.7 Å². The molecule has 0 saturated carbocycles. The highest BCUT2D eigenvalue weighted by atomic mass is 35.5.